The first kappa shape index (κ1) is 17.6. The van der Waals surface area contributed by atoms with E-state index in [1.165, 1.54) is 6.07 Å². The largest absolute Gasteiger partial charge is 0.502 e. The Morgan fingerprint density at radius 2 is 2.07 bits per heavy atom. The number of amides is 1. The predicted molar refractivity (Wildman–Crippen MR) is 101 cm³/mol. The summed E-state index contributed by atoms with van der Waals surface area (Å²) in [7, 11) is 0. The molecule has 2 aromatic rings. The van der Waals surface area contributed by atoms with E-state index < -0.39 is 16.7 Å². The minimum Gasteiger partial charge on any atom is -0.502 e. The summed E-state index contributed by atoms with van der Waals surface area (Å²) in [6, 6.07) is 7.26. The molecule has 2 aromatic heterocycles. The number of aromatic nitrogens is 2. The normalized spacial score (nSPS) is 24.6. The van der Waals surface area contributed by atoms with Crippen molar-refractivity contribution in [3.05, 3.63) is 57.8 Å². The zero-order valence-corrected chi connectivity index (χ0v) is 15.8. The lowest BCUT2D eigenvalue weighted by molar-refractivity contribution is 0.0399. The lowest BCUT2D eigenvalue weighted by atomic mass is 9.84. The predicted octanol–water partition coefficient (Wildman–Crippen LogP) is 2.10. The molecule has 27 heavy (non-hydrogen) atoms. The Kier molecular flexibility index (Phi) is 3.98. The van der Waals surface area contributed by atoms with Crippen LogP contribution >= 0.6 is 0 Å². The SMILES string of the molecule is CCN1C(=O)c2c(O)c(=O)ccn2N2C1CCCC2(C)c1cccc(C)n1. The Hall–Kier alpha value is -2.83. The number of aromatic hydroxyl groups is 1. The van der Waals surface area contributed by atoms with E-state index in [2.05, 4.69) is 11.9 Å². The van der Waals surface area contributed by atoms with Crippen molar-refractivity contribution in [1.29, 1.82) is 0 Å². The molecule has 2 atom stereocenters. The van der Waals surface area contributed by atoms with Crippen LogP contribution in [0.1, 0.15) is 55.0 Å². The summed E-state index contributed by atoms with van der Waals surface area (Å²) >= 11 is 0. The molecule has 1 N–H and O–H groups in total. The maximum absolute atomic E-state index is 13.0. The highest BCUT2D eigenvalue weighted by Gasteiger charge is 2.50. The van der Waals surface area contributed by atoms with Crippen LogP contribution < -0.4 is 10.4 Å². The highest BCUT2D eigenvalue weighted by atomic mass is 16.3. The van der Waals surface area contributed by atoms with Crippen molar-refractivity contribution < 1.29 is 9.90 Å². The molecule has 142 valence electrons. The lowest BCUT2D eigenvalue weighted by Crippen LogP contribution is -2.69. The fourth-order valence-electron chi connectivity index (χ4n) is 4.47. The van der Waals surface area contributed by atoms with E-state index >= 15 is 0 Å². The molecule has 4 rings (SSSR count). The van der Waals surface area contributed by atoms with Gasteiger partial charge in [-0.1, -0.05) is 6.07 Å². The molecule has 0 aliphatic carbocycles. The highest BCUT2D eigenvalue weighted by Crippen LogP contribution is 2.42. The van der Waals surface area contributed by atoms with Crippen LogP contribution in [-0.2, 0) is 5.54 Å². The van der Waals surface area contributed by atoms with Gasteiger partial charge in [-0.15, -0.1) is 0 Å². The number of fused-ring (bicyclic) bond motifs is 3. The van der Waals surface area contributed by atoms with Gasteiger partial charge in [-0.25, -0.2) is 0 Å². The van der Waals surface area contributed by atoms with Crippen LogP contribution in [0.4, 0.5) is 0 Å². The zero-order chi connectivity index (χ0) is 19.3. The monoisotopic (exact) mass is 368 g/mol. The first-order chi connectivity index (χ1) is 12.9. The smallest absolute Gasteiger partial charge is 0.278 e. The highest BCUT2D eigenvalue weighted by molar-refractivity contribution is 5.96. The molecule has 7 nitrogen and oxygen atoms in total. The third-order valence-corrected chi connectivity index (χ3v) is 5.80. The molecular weight excluding hydrogens is 344 g/mol. The van der Waals surface area contributed by atoms with Gasteiger partial charge in [0.2, 0.25) is 5.43 Å². The zero-order valence-electron chi connectivity index (χ0n) is 15.8. The van der Waals surface area contributed by atoms with Crippen molar-refractivity contribution in [2.24, 2.45) is 0 Å². The summed E-state index contributed by atoms with van der Waals surface area (Å²) in [4.78, 5) is 31.5. The van der Waals surface area contributed by atoms with E-state index in [0.29, 0.717) is 6.54 Å². The minimum atomic E-state index is -0.545. The molecule has 4 heterocycles. The molecule has 2 aliphatic heterocycles. The average Bonchev–Trinajstić information content (AvgIpc) is 2.64. The summed E-state index contributed by atoms with van der Waals surface area (Å²) in [5, 5.41) is 12.5. The van der Waals surface area contributed by atoms with E-state index in [1.54, 1.807) is 15.8 Å². The number of carbonyl (C=O) groups is 1. The number of nitrogens with zero attached hydrogens (tertiary/aromatic N) is 4. The molecule has 0 saturated carbocycles. The fourth-order valence-corrected chi connectivity index (χ4v) is 4.47. The molecule has 2 aliphatic rings. The average molecular weight is 368 g/mol. The van der Waals surface area contributed by atoms with E-state index in [4.69, 9.17) is 4.98 Å². The van der Waals surface area contributed by atoms with E-state index in [-0.39, 0.29) is 17.8 Å². The molecule has 7 heteroatoms. The molecular formula is C20H24N4O3. The first-order valence-corrected chi connectivity index (χ1v) is 9.38. The molecule has 1 amide bonds. The summed E-state index contributed by atoms with van der Waals surface area (Å²) in [6.07, 6.45) is 4.08. The Morgan fingerprint density at radius 3 is 2.78 bits per heavy atom. The van der Waals surface area contributed by atoms with Crippen molar-refractivity contribution >= 4 is 5.91 Å². The van der Waals surface area contributed by atoms with Gasteiger partial charge >= 0.3 is 0 Å². The van der Waals surface area contributed by atoms with Crippen molar-refractivity contribution in [2.45, 2.75) is 51.7 Å². The maximum Gasteiger partial charge on any atom is 0.278 e. The molecule has 0 radical (unpaired) electrons. The first-order valence-electron chi connectivity index (χ1n) is 9.38. The summed E-state index contributed by atoms with van der Waals surface area (Å²) in [5.74, 6) is -0.806. The Morgan fingerprint density at radius 1 is 1.30 bits per heavy atom. The summed E-state index contributed by atoms with van der Waals surface area (Å²) in [5.41, 5.74) is 0.859. The standard InChI is InChI=1S/C20H24N4O3/c1-4-22-16-9-6-11-20(3,15-8-5-7-13(2)21-15)24(16)23-12-10-14(25)18(26)17(23)19(22)27/h5,7-8,10,12,16,26H,4,6,9,11H2,1-3H3. The molecule has 0 aromatic carbocycles. The number of pyridine rings is 2. The van der Waals surface area contributed by atoms with Gasteiger partial charge in [-0.3, -0.25) is 24.3 Å². The van der Waals surface area contributed by atoms with Gasteiger partial charge in [0.15, 0.2) is 11.4 Å². The number of piperidine rings is 1. The topological polar surface area (TPSA) is 78.7 Å². The quantitative estimate of drug-likeness (QED) is 0.878. The fraction of sp³-hybridized carbons (Fsp3) is 0.450. The van der Waals surface area contributed by atoms with E-state index in [1.807, 2.05) is 32.0 Å². The van der Waals surface area contributed by atoms with Gasteiger partial charge in [0.25, 0.3) is 5.91 Å². The van der Waals surface area contributed by atoms with Crippen molar-refractivity contribution in [2.75, 3.05) is 11.6 Å². The van der Waals surface area contributed by atoms with Crippen LogP contribution in [0.3, 0.4) is 0 Å². The van der Waals surface area contributed by atoms with Crippen molar-refractivity contribution in [3.63, 3.8) is 0 Å². The second-order valence-corrected chi connectivity index (χ2v) is 7.47. The molecule has 2 unspecified atom stereocenters. The van der Waals surface area contributed by atoms with Gasteiger partial charge in [0.1, 0.15) is 6.17 Å². The number of hydrogen-bond donors (Lipinski definition) is 1. The number of rotatable bonds is 2. The van der Waals surface area contributed by atoms with Gasteiger partial charge in [0, 0.05) is 24.5 Å². The Labute approximate surface area is 157 Å². The van der Waals surface area contributed by atoms with Gasteiger partial charge < -0.3 is 10.0 Å². The van der Waals surface area contributed by atoms with Crippen molar-refractivity contribution in [3.8, 4) is 5.75 Å². The number of hydrogen-bond acceptors (Lipinski definition) is 5. The van der Waals surface area contributed by atoms with Crippen molar-refractivity contribution in [1.82, 2.24) is 14.6 Å². The van der Waals surface area contributed by atoms with Crippen LogP contribution in [0.15, 0.2) is 35.3 Å². The molecule has 1 fully saturated rings. The second kappa shape index (κ2) is 6.11. The molecule has 0 spiro atoms. The lowest BCUT2D eigenvalue weighted by Gasteiger charge is -2.56. The number of carbonyl (C=O) groups excluding carboxylic acids is 1. The number of aryl methyl sites for hydroxylation is 1. The van der Waals surface area contributed by atoms with Gasteiger partial charge in [-0.05, 0) is 52.2 Å². The van der Waals surface area contributed by atoms with Crippen LogP contribution in [0.2, 0.25) is 0 Å². The summed E-state index contributed by atoms with van der Waals surface area (Å²) < 4.78 is 1.67. The van der Waals surface area contributed by atoms with Crippen LogP contribution in [0, 0.1) is 6.92 Å². The van der Waals surface area contributed by atoms with E-state index in [0.717, 1.165) is 30.7 Å². The van der Waals surface area contributed by atoms with Gasteiger partial charge in [0.05, 0.1) is 11.2 Å². The third kappa shape index (κ3) is 2.44. The van der Waals surface area contributed by atoms with Crippen LogP contribution in [0.25, 0.3) is 0 Å². The Balaban J connectivity index is 1.98. The van der Waals surface area contributed by atoms with Crippen LogP contribution in [0.5, 0.6) is 5.75 Å². The van der Waals surface area contributed by atoms with Gasteiger partial charge in [-0.2, -0.15) is 0 Å². The van der Waals surface area contributed by atoms with Crippen LogP contribution in [-0.4, -0.2) is 38.3 Å². The summed E-state index contributed by atoms with van der Waals surface area (Å²) in [6.45, 7) is 6.49. The maximum atomic E-state index is 13.0. The second-order valence-electron chi connectivity index (χ2n) is 7.47. The molecule has 0 bridgehead atoms. The Bertz CT molecular complexity index is 970. The van der Waals surface area contributed by atoms with E-state index in [9.17, 15) is 14.7 Å². The molecule has 1 saturated heterocycles. The third-order valence-electron chi connectivity index (χ3n) is 5.80. The minimum absolute atomic E-state index is 0.0291.